The molecule has 6 nitrogen and oxygen atoms in total. The monoisotopic (exact) mass is 271 g/mol. The van der Waals surface area contributed by atoms with Crippen LogP contribution in [0, 0.1) is 5.92 Å². The Kier molecular flexibility index (Phi) is 4.54. The van der Waals surface area contributed by atoms with Gasteiger partial charge in [-0.3, -0.25) is 0 Å². The van der Waals surface area contributed by atoms with Gasteiger partial charge < -0.3 is 15.0 Å². The van der Waals surface area contributed by atoms with E-state index in [9.17, 15) is 0 Å². The first-order valence-corrected chi connectivity index (χ1v) is 6.46. The Labute approximate surface area is 112 Å². The Morgan fingerprint density at radius 1 is 1.44 bits per heavy atom. The van der Waals surface area contributed by atoms with E-state index in [1.54, 1.807) is 0 Å². The van der Waals surface area contributed by atoms with Crippen LogP contribution in [-0.2, 0) is 0 Å². The summed E-state index contributed by atoms with van der Waals surface area (Å²) < 4.78 is 5.02. The Hall–Kier alpha value is -1.14. The summed E-state index contributed by atoms with van der Waals surface area (Å²) in [7, 11) is 3.50. The number of ether oxygens (including phenoxy) is 1. The summed E-state index contributed by atoms with van der Waals surface area (Å²) >= 11 is 5.86. The molecule has 1 aliphatic heterocycles. The van der Waals surface area contributed by atoms with Crippen LogP contribution in [0.3, 0.4) is 0 Å². The Bertz CT molecular complexity index is 401. The van der Waals surface area contributed by atoms with Gasteiger partial charge in [0.15, 0.2) is 0 Å². The summed E-state index contributed by atoms with van der Waals surface area (Å²) in [5.41, 5.74) is 0. The molecule has 0 aliphatic carbocycles. The second-order valence-electron chi connectivity index (χ2n) is 4.40. The summed E-state index contributed by atoms with van der Waals surface area (Å²) in [6.07, 6.45) is 2.37. The van der Waals surface area contributed by atoms with Gasteiger partial charge in [-0.05, 0) is 44.0 Å². The molecule has 1 atom stereocenters. The van der Waals surface area contributed by atoms with E-state index >= 15 is 0 Å². The number of piperidine rings is 1. The van der Waals surface area contributed by atoms with E-state index in [1.807, 2.05) is 7.05 Å². The van der Waals surface area contributed by atoms with Gasteiger partial charge in [0.25, 0.3) is 0 Å². The highest BCUT2D eigenvalue weighted by atomic mass is 35.5. The minimum absolute atomic E-state index is 0.174. The van der Waals surface area contributed by atoms with Crippen LogP contribution in [0.25, 0.3) is 0 Å². The SMILES string of the molecule is CNCC1CCCN(c2nc(Cl)nc(OC)n2)C1. The average molecular weight is 272 g/mol. The van der Waals surface area contributed by atoms with E-state index in [2.05, 4.69) is 25.2 Å². The van der Waals surface area contributed by atoms with E-state index in [0.29, 0.717) is 11.9 Å². The molecule has 0 saturated carbocycles. The van der Waals surface area contributed by atoms with Gasteiger partial charge in [-0.2, -0.15) is 15.0 Å². The maximum Gasteiger partial charge on any atom is 0.322 e. The summed E-state index contributed by atoms with van der Waals surface area (Å²) in [5, 5.41) is 3.39. The van der Waals surface area contributed by atoms with Crippen LogP contribution in [0.4, 0.5) is 5.95 Å². The molecule has 1 aliphatic rings. The van der Waals surface area contributed by atoms with Crippen molar-refractivity contribution in [3.63, 3.8) is 0 Å². The molecular weight excluding hydrogens is 254 g/mol. The minimum Gasteiger partial charge on any atom is -0.467 e. The van der Waals surface area contributed by atoms with Crippen LogP contribution in [0.1, 0.15) is 12.8 Å². The highest BCUT2D eigenvalue weighted by Gasteiger charge is 2.22. The van der Waals surface area contributed by atoms with Crippen molar-refractivity contribution in [2.75, 3.05) is 38.7 Å². The molecule has 0 radical (unpaired) electrons. The first kappa shape index (κ1) is 13.3. The predicted octanol–water partition coefficient (Wildman–Crippen LogP) is 0.969. The van der Waals surface area contributed by atoms with E-state index in [-0.39, 0.29) is 11.3 Å². The van der Waals surface area contributed by atoms with Crippen LogP contribution >= 0.6 is 11.6 Å². The summed E-state index contributed by atoms with van der Waals surface area (Å²) in [4.78, 5) is 14.4. The van der Waals surface area contributed by atoms with Crippen LogP contribution in [0.2, 0.25) is 5.28 Å². The minimum atomic E-state index is 0.174. The number of anilines is 1. The van der Waals surface area contributed by atoms with Gasteiger partial charge in [0, 0.05) is 13.1 Å². The number of hydrogen-bond acceptors (Lipinski definition) is 6. The van der Waals surface area contributed by atoms with Crippen LogP contribution in [0.15, 0.2) is 0 Å². The van der Waals surface area contributed by atoms with E-state index in [1.165, 1.54) is 13.5 Å². The van der Waals surface area contributed by atoms with E-state index in [4.69, 9.17) is 16.3 Å². The number of aromatic nitrogens is 3. The average Bonchev–Trinajstić information content (AvgIpc) is 2.39. The molecule has 2 rings (SSSR count). The van der Waals surface area contributed by atoms with Crippen molar-refractivity contribution >= 4 is 17.5 Å². The number of nitrogens with zero attached hydrogens (tertiary/aromatic N) is 4. The number of halogens is 1. The first-order chi connectivity index (χ1) is 8.72. The Morgan fingerprint density at radius 3 is 3.00 bits per heavy atom. The molecule has 18 heavy (non-hydrogen) atoms. The standard InChI is InChI=1S/C11H18ClN5O/c1-13-6-8-4-3-5-17(7-8)10-14-9(12)15-11(16-10)18-2/h8,13H,3-7H2,1-2H3. The van der Waals surface area contributed by atoms with Crippen molar-refractivity contribution in [3.05, 3.63) is 5.28 Å². The molecule has 1 fully saturated rings. The third-order valence-electron chi connectivity index (χ3n) is 3.05. The van der Waals surface area contributed by atoms with Crippen LogP contribution in [0.5, 0.6) is 6.01 Å². The fourth-order valence-corrected chi connectivity index (χ4v) is 2.40. The van der Waals surface area contributed by atoms with Gasteiger partial charge in [0.1, 0.15) is 0 Å². The normalized spacial score (nSPS) is 19.9. The molecular formula is C11H18ClN5O. The zero-order chi connectivity index (χ0) is 13.0. The van der Waals surface area contributed by atoms with Crippen molar-refractivity contribution in [2.24, 2.45) is 5.92 Å². The quantitative estimate of drug-likeness (QED) is 0.880. The third-order valence-corrected chi connectivity index (χ3v) is 3.22. The smallest absolute Gasteiger partial charge is 0.322 e. The summed E-state index contributed by atoms with van der Waals surface area (Å²) in [6.45, 7) is 2.89. The highest BCUT2D eigenvalue weighted by molar-refractivity contribution is 6.28. The number of nitrogens with one attached hydrogen (secondary N) is 1. The molecule has 1 N–H and O–H groups in total. The second-order valence-corrected chi connectivity index (χ2v) is 4.74. The molecule has 0 bridgehead atoms. The van der Waals surface area contributed by atoms with Gasteiger partial charge in [0.05, 0.1) is 7.11 Å². The van der Waals surface area contributed by atoms with Crippen molar-refractivity contribution in [3.8, 4) is 6.01 Å². The zero-order valence-corrected chi connectivity index (χ0v) is 11.4. The van der Waals surface area contributed by atoms with Crippen molar-refractivity contribution in [2.45, 2.75) is 12.8 Å². The summed E-state index contributed by atoms with van der Waals surface area (Å²) in [5.74, 6) is 1.22. The zero-order valence-electron chi connectivity index (χ0n) is 10.7. The second kappa shape index (κ2) is 6.15. The molecule has 1 unspecified atom stereocenters. The maximum absolute atomic E-state index is 5.86. The summed E-state index contributed by atoms with van der Waals surface area (Å²) in [6, 6.07) is 0.265. The number of hydrogen-bond donors (Lipinski definition) is 1. The van der Waals surface area contributed by atoms with Gasteiger partial charge in [-0.15, -0.1) is 0 Å². The van der Waals surface area contributed by atoms with Gasteiger partial charge in [-0.1, -0.05) is 0 Å². The van der Waals surface area contributed by atoms with Crippen molar-refractivity contribution in [1.82, 2.24) is 20.3 Å². The number of rotatable bonds is 4. The maximum atomic E-state index is 5.86. The lowest BCUT2D eigenvalue weighted by molar-refractivity contribution is 0.372. The lowest BCUT2D eigenvalue weighted by Gasteiger charge is -2.32. The molecule has 0 spiro atoms. The molecule has 0 aromatic carbocycles. The largest absolute Gasteiger partial charge is 0.467 e. The van der Waals surface area contributed by atoms with E-state index < -0.39 is 0 Å². The van der Waals surface area contributed by atoms with Gasteiger partial charge in [-0.25, -0.2) is 0 Å². The van der Waals surface area contributed by atoms with Crippen molar-refractivity contribution < 1.29 is 4.74 Å². The molecule has 7 heteroatoms. The first-order valence-electron chi connectivity index (χ1n) is 6.08. The lowest BCUT2D eigenvalue weighted by Crippen LogP contribution is -2.40. The van der Waals surface area contributed by atoms with Crippen molar-refractivity contribution in [1.29, 1.82) is 0 Å². The fourth-order valence-electron chi connectivity index (χ4n) is 2.26. The predicted molar refractivity (Wildman–Crippen MR) is 70.3 cm³/mol. The Morgan fingerprint density at radius 2 is 2.28 bits per heavy atom. The molecule has 0 amide bonds. The van der Waals surface area contributed by atoms with Gasteiger partial charge in [0.2, 0.25) is 11.2 Å². The topological polar surface area (TPSA) is 63.2 Å². The van der Waals surface area contributed by atoms with Gasteiger partial charge >= 0.3 is 6.01 Å². The Balaban J connectivity index is 2.12. The number of methoxy groups -OCH3 is 1. The molecule has 1 aromatic rings. The van der Waals surface area contributed by atoms with E-state index in [0.717, 1.165) is 26.1 Å². The molecule has 2 heterocycles. The fraction of sp³-hybridized carbons (Fsp3) is 0.727. The highest BCUT2D eigenvalue weighted by Crippen LogP contribution is 2.22. The lowest BCUT2D eigenvalue weighted by atomic mass is 9.98. The van der Waals surface area contributed by atoms with Crippen LogP contribution in [-0.4, -0.2) is 48.7 Å². The molecule has 1 aromatic heterocycles. The van der Waals surface area contributed by atoms with Crippen LogP contribution < -0.4 is 15.0 Å². The molecule has 1 saturated heterocycles. The third kappa shape index (κ3) is 3.20. The molecule has 100 valence electrons.